The van der Waals surface area contributed by atoms with Gasteiger partial charge in [-0.25, -0.2) is 4.79 Å². The third-order valence-electron chi connectivity index (χ3n) is 2.39. The summed E-state index contributed by atoms with van der Waals surface area (Å²) >= 11 is 6.06. The van der Waals surface area contributed by atoms with Gasteiger partial charge >= 0.3 is 5.97 Å². The van der Waals surface area contributed by atoms with Gasteiger partial charge in [0.05, 0.1) is 17.9 Å². The number of aromatic carboxylic acids is 1. The molecule has 0 aliphatic heterocycles. The topological polar surface area (TPSA) is 59.7 Å². The van der Waals surface area contributed by atoms with E-state index in [1.807, 2.05) is 0 Å². The highest BCUT2D eigenvalue weighted by atomic mass is 35.5. The number of carboxylic acid groups (broad SMARTS) is 1. The lowest BCUT2D eigenvalue weighted by atomic mass is 10.1. The van der Waals surface area contributed by atoms with Crippen LogP contribution in [-0.2, 0) is 0 Å². The molecule has 0 amide bonds. The molecule has 2 aromatic rings. The zero-order valence-corrected chi connectivity index (χ0v) is 10.4. The summed E-state index contributed by atoms with van der Waals surface area (Å²) in [7, 11) is 0. The molecular formula is C13H11ClO4. The Balaban J connectivity index is 2.56. The molecule has 0 saturated heterocycles. The van der Waals surface area contributed by atoms with Gasteiger partial charge in [0.25, 0.3) is 0 Å². The van der Waals surface area contributed by atoms with E-state index in [4.69, 9.17) is 25.9 Å². The highest BCUT2D eigenvalue weighted by Gasteiger charge is 2.17. The van der Waals surface area contributed by atoms with E-state index < -0.39 is 5.97 Å². The summed E-state index contributed by atoms with van der Waals surface area (Å²) in [6.07, 6.45) is 1.52. The first-order chi connectivity index (χ1) is 8.63. The minimum atomic E-state index is -1.08. The summed E-state index contributed by atoms with van der Waals surface area (Å²) in [4.78, 5) is 11.1. The lowest BCUT2D eigenvalue weighted by molar-refractivity contribution is 0.0692. The standard InChI is InChI=1S/C13H11ClO4/c1-2-17-12-7-8(11-4-3-5-18-11)10(14)6-9(12)13(15)16/h3-7H,2H2,1H3,(H,15,16). The first-order valence-electron chi connectivity index (χ1n) is 5.37. The van der Waals surface area contributed by atoms with E-state index in [0.29, 0.717) is 23.0 Å². The monoisotopic (exact) mass is 266 g/mol. The van der Waals surface area contributed by atoms with Crippen LogP contribution in [0, 0.1) is 0 Å². The molecule has 2 rings (SSSR count). The van der Waals surface area contributed by atoms with Crippen LogP contribution in [0.25, 0.3) is 11.3 Å². The predicted octanol–water partition coefficient (Wildman–Crippen LogP) is 3.70. The molecule has 1 heterocycles. The maximum Gasteiger partial charge on any atom is 0.339 e. The van der Waals surface area contributed by atoms with E-state index >= 15 is 0 Å². The SMILES string of the molecule is CCOc1cc(-c2ccco2)c(Cl)cc1C(=O)O. The van der Waals surface area contributed by atoms with Crippen molar-refractivity contribution in [1.29, 1.82) is 0 Å². The van der Waals surface area contributed by atoms with Crippen molar-refractivity contribution < 1.29 is 19.1 Å². The molecule has 5 heteroatoms. The molecule has 0 bridgehead atoms. The van der Waals surface area contributed by atoms with Gasteiger partial charge in [0.2, 0.25) is 0 Å². The van der Waals surface area contributed by atoms with Crippen LogP contribution in [0.3, 0.4) is 0 Å². The maximum absolute atomic E-state index is 11.1. The van der Waals surface area contributed by atoms with Crippen molar-refractivity contribution in [3.8, 4) is 17.1 Å². The van der Waals surface area contributed by atoms with Gasteiger partial charge in [-0.3, -0.25) is 0 Å². The second-order valence-electron chi connectivity index (χ2n) is 3.54. The van der Waals surface area contributed by atoms with Crippen LogP contribution >= 0.6 is 11.6 Å². The van der Waals surface area contributed by atoms with E-state index in [1.54, 1.807) is 25.1 Å². The average molecular weight is 267 g/mol. The molecule has 4 nitrogen and oxygen atoms in total. The first kappa shape index (κ1) is 12.5. The Kier molecular flexibility index (Phi) is 3.58. The zero-order chi connectivity index (χ0) is 13.1. The molecule has 0 spiro atoms. The summed E-state index contributed by atoms with van der Waals surface area (Å²) in [6, 6.07) is 6.43. The van der Waals surface area contributed by atoms with Crippen molar-refractivity contribution in [2.45, 2.75) is 6.92 Å². The first-order valence-corrected chi connectivity index (χ1v) is 5.74. The van der Waals surface area contributed by atoms with E-state index in [-0.39, 0.29) is 11.3 Å². The maximum atomic E-state index is 11.1. The minimum absolute atomic E-state index is 0.0390. The third kappa shape index (κ3) is 2.33. The Morgan fingerprint density at radius 2 is 2.28 bits per heavy atom. The van der Waals surface area contributed by atoms with Crippen molar-refractivity contribution in [2.75, 3.05) is 6.61 Å². The van der Waals surface area contributed by atoms with E-state index in [2.05, 4.69) is 0 Å². The summed E-state index contributed by atoms with van der Waals surface area (Å²) in [5.74, 6) is -0.231. The van der Waals surface area contributed by atoms with Crippen LogP contribution in [0.15, 0.2) is 34.9 Å². The van der Waals surface area contributed by atoms with Gasteiger partial charge in [0.1, 0.15) is 17.1 Å². The van der Waals surface area contributed by atoms with E-state index in [1.165, 1.54) is 12.3 Å². The normalized spacial score (nSPS) is 10.3. The Labute approximate surface area is 109 Å². The number of ether oxygens (including phenoxy) is 1. The van der Waals surface area contributed by atoms with Crippen LogP contribution < -0.4 is 4.74 Å². The summed E-state index contributed by atoms with van der Waals surface area (Å²) in [6.45, 7) is 2.16. The van der Waals surface area contributed by atoms with Gasteiger partial charge in [-0.1, -0.05) is 11.6 Å². The lowest BCUT2D eigenvalue weighted by Crippen LogP contribution is -2.03. The van der Waals surface area contributed by atoms with Crippen molar-refractivity contribution in [3.63, 3.8) is 0 Å². The molecule has 1 aromatic carbocycles. The molecule has 0 unspecified atom stereocenters. The van der Waals surface area contributed by atoms with Crippen LogP contribution in [0.2, 0.25) is 5.02 Å². The molecule has 0 aliphatic carbocycles. The molecule has 18 heavy (non-hydrogen) atoms. The minimum Gasteiger partial charge on any atom is -0.493 e. The van der Waals surface area contributed by atoms with Crippen molar-refractivity contribution in [1.82, 2.24) is 0 Å². The number of carboxylic acids is 1. The van der Waals surface area contributed by atoms with Gasteiger partial charge in [-0.05, 0) is 31.2 Å². The van der Waals surface area contributed by atoms with Crippen molar-refractivity contribution in [3.05, 3.63) is 41.1 Å². The van der Waals surface area contributed by atoms with Gasteiger partial charge in [-0.15, -0.1) is 0 Å². The molecule has 94 valence electrons. The van der Waals surface area contributed by atoms with Crippen LogP contribution in [0.4, 0.5) is 0 Å². The second kappa shape index (κ2) is 5.14. The fourth-order valence-electron chi connectivity index (χ4n) is 1.62. The smallest absolute Gasteiger partial charge is 0.339 e. The van der Waals surface area contributed by atoms with E-state index in [9.17, 15) is 4.79 Å². The summed E-state index contributed by atoms with van der Waals surface area (Å²) in [5.41, 5.74) is 0.646. The van der Waals surface area contributed by atoms with Crippen LogP contribution in [0.5, 0.6) is 5.75 Å². The fraction of sp³-hybridized carbons (Fsp3) is 0.154. The molecule has 0 fully saturated rings. The Morgan fingerprint density at radius 1 is 1.50 bits per heavy atom. The second-order valence-corrected chi connectivity index (χ2v) is 3.95. The highest BCUT2D eigenvalue weighted by molar-refractivity contribution is 6.33. The largest absolute Gasteiger partial charge is 0.493 e. The fourth-order valence-corrected chi connectivity index (χ4v) is 1.87. The van der Waals surface area contributed by atoms with Crippen LogP contribution in [0.1, 0.15) is 17.3 Å². The van der Waals surface area contributed by atoms with Crippen LogP contribution in [-0.4, -0.2) is 17.7 Å². The summed E-state index contributed by atoms with van der Waals surface area (Å²) in [5, 5.41) is 9.39. The van der Waals surface area contributed by atoms with Crippen molar-refractivity contribution >= 4 is 17.6 Å². The Morgan fingerprint density at radius 3 is 2.83 bits per heavy atom. The number of furan rings is 1. The molecule has 1 N–H and O–H groups in total. The number of rotatable bonds is 4. The van der Waals surface area contributed by atoms with Gasteiger partial charge in [0.15, 0.2) is 0 Å². The number of halogens is 1. The number of hydrogen-bond donors (Lipinski definition) is 1. The van der Waals surface area contributed by atoms with Gasteiger partial charge in [0, 0.05) is 5.56 Å². The van der Waals surface area contributed by atoms with Gasteiger partial charge < -0.3 is 14.3 Å². The molecule has 0 aliphatic rings. The molecule has 1 aromatic heterocycles. The number of carbonyl (C=O) groups is 1. The quantitative estimate of drug-likeness (QED) is 0.917. The summed E-state index contributed by atoms with van der Waals surface area (Å²) < 4.78 is 10.6. The lowest BCUT2D eigenvalue weighted by Gasteiger charge is -2.10. The zero-order valence-electron chi connectivity index (χ0n) is 9.64. The Bertz CT molecular complexity index is 561. The highest BCUT2D eigenvalue weighted by Crippen LogP contribution is 2.34. The predicted molar refractivity (Wildman–Crippen MR) is 67.3 cm³/mol. The molecular weight excluding hydrogens is 256 g/mol. The van der Waals surface area contributed by atoms with E-state index in [0.717, 1.165) is 0 Å². The molecule has 0 saturated carbocycles. The molecule has 0 atom stereocenters. The van der Waals surface area contributed by atoms with Crippen molar-refractivity contribution in [2.24, 2.45) is 0 Å². The average Bonchev–Trinajstić information content (AvgIpc) is 2.84. The number of benzene rings is 1. The van der Waals surface area contributed by atoms with Gasteiger partial charge in [-0.2, -0.15) is 0 Å². The third-order valence-corrected chi connectivity index (χ3v) is 2.70. The number of hydrogen-bond acceptors (Lipinski definition) is 3. The Hall–Kier alpha value is -1.94. The molecule has 0 radical (unpaired) electrons.